The lowest BCUT2D eigenvalue weighted by Gasteiger charge is -2.22. The van der Waals surface area contributed by atoms with Crippen LogP contribution in [0.1, 0.15) is 6.92 Å². The molecule has 0 aromatic heterocycles. The van der Waals surface area contributed by atoms with Gasteiger partial charge in [0.25, 0.3) is 0 Å². The van der Waals surface area contributed by atoms with Gasteiger partial charge in [0, 0.05) is 14.2 Å². The molecule has 5 nitrogen and oxygen atoms in total. The maximum atomic E-state index is 10.6. The number of hydrogen-bond donors (Lipinski definition) is 2. The minimum absolute atomic E-state index is 0.526. The third kappa shape index (κ3) is 2.86. The number of rotatable bonds is 5. The Morgan fingerprint density at radius 1 is 1.25 bits per heavy atom. The number of carbonyl (C=O) groups excluding carboxylic acids is 1. The maximum absolute atomic E-state index is 10.6. The van der Waals surface area contributed by atoms with Gasteiger partial charge in [0.1, 0.15) is 12.2 Å². The van der Waals surface area contributed by atoms with Gasteiger partial charge in [0.15, 0.2) is 12.1 Å². The van der Waals surface area contributed by atoms with E-state index in [2.05, 4.69) is 9.47 Å². The molecule has 0 fully saturated rings. The van der Waals surface area contributed by atoms with Crippen LogP contribution in [0.5, 0.6) is 0 Å². The van der Waals surface area contributed by atoms with E-state index in [0.29, 0.717) is 0 Å². The van der Waals surface area contributed by atoms with E-state index < -0.39 is 24.3 Å². The molecule has 0 saturated heterocycles. The van der Waals surface area contributed by atoms with Crippen molar-refractivity contribution in [3.05, 3.63) is 0 Å². The Bertz CT molecular complexity index is 143. The molecule has 0 bridgehead atoms. The zero-order valence-electron chi connectivity index (χ0n) is 7.35. The van der Waals surface area contributed by atoms with Crippen molar-refractivity contribution < 1.29 is 24.5 Å². The van der Waals surface area contributed by atoms with Crippen LogP contribution in [0.25, 0.3) is 0 Å². The van der Waals surface area contributed by atoms with Crippen molar-refractivity contribution in [3.63, 3.8) is 0 Å². The van der Waals surface area contributed by atoms with Gasteiger partial charge >= 0.3 is 0 Å². The second-order valence-corrected chi connectivity index (χ2v) is 2.39. The van der Waals surface area contributed by atoms with Crippen molar-refractivity contribution in [1.82, 2.24) is 0 Å². The summed E-state index contributed by atoms with van der Waals surface area (Å²) in [6.07, 6.45) is -3.80. The lowest BCUT2D eigenvalue weighted by molar-refractivity contribution is -0.191. The van der Waals surface area contributed by atoms with Crippen LogP contribution in [-0.2, 0) is 14.3 Å². The topological polar surface area (TPSA) is 76.0 Å². The van der Waals surface area contributed by atoms with Crippen LogP contribution >= 0.6 is 0 Å². The van der Waals surface area contributed by atoms with Crippen LogP contribution in [0.2, 0.25) is 0 Å². The second-order valence-electron chi connectivity index (χ2n) is 2.39. The van der Waals surface area contributed by atoms with Gasteiger partial charge in [-0.2, -0.15) is 0 Å². The maximum Gasteiger partial charge on any atom is 0.185 e. The number of ether oxygens (including phenoxy) is 2. The summed E-state index contributed by atoms with van der Waals surface area (Å²) in [5.41, 5.74) is 0. The smallest absolute Gasteiger partial charge is 0.185 e. The average molecular weight is 178 g/mol. The predicted octanol–water partition coefficient (Wildman–Crippen LogP) is -1.08. The first-order valence-electron chi connectivity index (χ1n) is 3.46. The Hall–Kier alpha value is -0.490. The molecular weight excluding hydrogens is 164 g/mol. The third-order valence-electron chi connectivity index (χ3n) is 1.48. The summed E-state index contributed by atoms with van der Waals surface area (Å²) < 4.78 is 9.30. The molecule has 0 aliphatic rings. The Labute approximate surface area is 70.9 Å². The van der Waals surface area contributed by atoms with E-state index in [-0.39, 0.29) is 0 Å². The van der Waals surface area contributed by atoms with Gasteiger partial charge in [-0.25, -0.2) is 0 Å². The van der Waals surface area contributed by atoms with Crippen molar-refractivity contribution in [2.45, 2.75) is 25.4 Å². The molecule has 0 aliphatic heterocycles. The lowest BCUT2D eigenvalue weighted by atomic mass is 10.1. The van der Waals surface area contributed by atoms with E-state index in [1.54, 1.807) is 0 Å². The molecule has 0 aromatic rings. The molecule has 12 heavy (non-hydrogen) atoms. The number of hydrogen-bond acceptors (Lipinski definition) is 5. The number of ketones is 1. The Kier molecular flexibility index (Phi) is 5.00. The first-order valence-corrected chi connectivity index (χ1v) is 3.46. The van der Waals surface area contributed by atoms with E-state index in [9.17, 15) is 9.90 Å². The van der Waals surface area contributed by atoms with Crippen LogP contribution < -0.4 is 0 Å². The van der Waals surface area contributed by atoms with Crippen LogP contribution in [0.15, 0.2) is 0 Å². The van der Waals surface area contributed by atoms with Crippen LogP contribution in [-0.4, -0.2) is 48.7 Å². The fourth-order valence-electron chi connectivity index (χ4n) is 0.764. The molecule has 0 aliphatic carbocycles. The van der Waals surface area contributed by atoms with Crippen molar-refractivity contribution in [2.24, 2.45) is 0 Å². The fourth-order valence-corrected chi connectivity index (χ4v) is 0.764. The zero-order valence-corrected chi connectivity index (χ0v) is 7.35. The number of Topliss-reactive ketones (excluding diaryl/α,β-unsaturated/α-hetero) is 1. The van der Waals surface area contributed by atoms with Crippen molar-refractivity contribution in [1.29, 1.82) is 0 Å². The first kappa shape index (κ1) is 11.5. The van der Waals surface area contributed by atoms with Gasteiger partial charge in [0.2, 0.25) is 0 Å². The predicted molar refractivity (Wildman–Crippen MR) is 40.5 cm³/mol. The summed E-state index contributed by atoms with van der Waals surface area (Å²) in [5.74, 6) is -0.526. The normalized spacial score (nSPS) is 16.2. The Morgan fingerprint density at radius 3 is 1.92 bits per heavy atom. The molecule has 72 valence electrons. The average Bonchev–Trinajstić information content (AvgIpc) is 2.05. The summed E-state index contributed by atoms with van der Waals surface area (Å²) in [6.45, 7) is 1.18. The van der Waals surface area contributed by atoms with E-state index in [1.807, 2.05) is 0 Å². The number of carbonyl (C=O) groups is 1. The molecule has 0 rings (SSSR count). The monoisotopic (exact) mass is 178 g/mol. The highest BCUT2D eigenvalue weighted by Gasteiger charge is 2.29. The van der Waals surface area contributed by atoms with Gasteiger partial charge in [-0.05, 0) is 6.92 Å². The van der Waals surface area contributed by atoms with Crippen molar-refractivity contribution in [3.8, 4) is 0 Å². The van der Waals surface area contributed by atoms with Crippen LogP contribution in [0.3, 0.4) is 0 Å². The molecule has 0 unspecified atom stereocenters. The molecule has 0 saturated carbocycles. The molecule has 0 radical (unpaired) electrons. The van der Waals surface area contributed by atoms with E-state index in [1.165, 1.54) is 21.1 Å². The molecule has 2 atom stereocenters. The summed E-state index contributed by atoms with van der Waals surface area (Å²) >= 11 is 0. The zero-order chi connectivity index (χ0) is 9.72. The van der Waals surface area contributed by atoms with E-state index in [4.69, 9.17) is 5.11 Å². The number of methoxy groups -OCH3 is 2. The SMILES string of the molecule is COC(OC)[C@H](O)[C@@H](O)C(C)=O. The minimum Gasteiger partial charge on any atom is -0.385 e. The quantitative estimate of drug-likeness (QED) is 0.523. The molecule has 0 amide bonds. The number of aliphatic hydroxyl groups is 2. The minimum atomic E-state index is -1.46. The van der Waals surface area contributed by atoms with Crippen molar-refractivity contribution >= 4 is 5.78 Å². The number of aliphatic hydroxyl groups excluding tert-OH is 2. The first-order chi connectivity index (χ1) is 5.54. The highest BCUT2D eigenvalue weighted by molar-refractivity contribution is 5.80. The van der Waals surface area contributed by atoms with Gasteiger partial charge in [0.05, 0.1) is 0 Å². The Balaban J connectivity index is 4.14. The standard InChI is InChI=1S/C7H14O5/c1-4(8)5(9)6(10)7(11-2)12-3/h5-7,9-10H,1-3H3/t5-,6+/m0/s1. The van der Waals surface area contributed by atoms with E-state index in [0.717, 1.165) is 0 Å². The van der Waals surface area contributed by atoms with Gasteiger partial charge in [-0.15, -0.1) is 0 Å². The van der Waals surface area contributed by atoms with Gasteiger partial charge < -0.3 is 19.7 Å². The molecule has 5 heteroatoms. The van der Waals surface area contributed by atoms with Crippen LogP contribution in [0, 0.1) is 0 Å². The lowest BCUT2D eigenvalue weighted by Crippen LogP contribution is -2.43. The molecular formula is C7H14O5. The molecule has 0 heterocycles. The van der Waals surface area contributed by atoms with Crippen molar-refractivity contribution in [2.75, 3.05) is 14.2 Å². The highest BCUT2D eigenvalue weighted by atomic mass is 16.7. The molecule has 2 N–H and O–H groups in total. The molecule has 0 spiro atoms. The van der Waals surface area contributed by atoms with Gasteiger partial charge in [-0.3, -0.25) is 4.79 Å². The highest BCUT2D eigenvalue weighted by Crippen LogP contribution is 2.04. The summed E-state index contributed by atoms with van der Waals surface area (Å²) in [6, 6.07) is 0. The molecule has 0 aromatic carbocycles. The van der Waals surface area contributed by atoms with E-state index >= 15 is 0 Å². The van der Waals surface area contributed by atoms with Crippen LogP contribution in [0.4, 0.5) is 0 Å². The summed E-state index contributed by atoms with van der Waals surface area (Å²) in [4.78, 5) is 10.6. The van der Waals surface area contributed by atoms with Gasteiger partial charge in [-0.1, -0.05) is 0 Å². The second kappa shape index (κ2) is 5.21. The summed E-state index contributed by atoms with van der Waals surface area (Å²) in [7, 11) is 2.62. The third-order valence-corrected chi connectivity index (χ3v) is 1.48. The fraction of sp³-hybridized carbons (Fsp3) is 0.857. The summed E-state index contributed by atoms with van der Waals surface area (Å²) in [5, 5.41) is 18.3. The Morgan fingerprint density at radius 2 is 1.67 bits per heavy atom. The largest absolute Gasteiger partial charge is 0.385 e.